The molecule has 2 aliphatic rings. The fraction of sp³-hybridized carbons (Fsp3) is 0.167. The predicted octanol–water partition coefficient (Wildman–Crippen LogP) is 4.37. The van der Waals surface area contributed by atoms with Crippen LogP contribution < -0.4 is 15.1 Å². The Morgan fingerprint density at radius 2 is 1.55 bits per heavy atom. The molecule has 0 aliphatic carbocycles. The molecule has 0 unspecified atom stereocenters. The maximum Gasteiger partial charge on any atom is 0.279 e. The molecule has 0 saturated carbocycles. The first-order valence-electron chi connectivity index (χ1n) is 9.87. The van der Waals surface area contributed by atoms with Crippen LogP contribution in [0.3, 0.4) is 0 Å². The number of benzene rings is 3. The summed E-state index contributed by atoms with van der Waals surface area (Å²) in [7, 11) is 0. The number of hydrogen-bond donors (Lipinski definition) is 1. The zero-order valence-electron chi connectivity index (χ0n) is 16.1. The van der Waals surface area contributed by atoms with Gasteiger partial charge < -0.3 is 10.2 Å². The van der Waals surface area contributed by atoms with E-state index in [1.54, 1.807) is 15.9 Å². The van der Waals surface area contributed by atoms with E-state index in [9.17, 15) is 9.59 Å². The van der Waals surface area contributed by atoms with E-state index in [4.69, 9.17) is 0 Å². The molecule has 5 nitrogen and oxygen atoms in total. The van der Waals surface area contributed by atoms with Crippen molar-refractivity contribution in [3.8, 4) is 0 Å². The number of amides is 2. The highest BCUT2D eigenvalue weighted by atomic mass is 16.2. The topological polar surface area (TPSA) is 52.7 Å². The Morgan fingerprint density at radius 1 is 0.862 bits per heavy atom. The van der Waals surface area contributed by atoms with E-state index in [1.807, 2.05) is 79.7 Å². The van der Waals surface area contributed by atoms with Gasteiger partial charge >= 0.3 is 0 Å². The summed E-state index contributed by atoms with van der Waals surface area (Å²) in [5.74, 6) is -0.320. The minimum atomic E-state index is -1.31. The second-order valence-corrected chi connectivity index (χ2v) is 7.33. The van der Waals surface area contributed by atoms with Gasteiger partial charge in [0, 0.05) is 23.5 Å². The molecular weight excluding hydrogens is 362 g/mol. The van der Waals surface area contributed by atoms with Crippen molar-refractivity contribution in [1.29, 1.82) is 0 Å². The number of para-hydroxylation sites is 3. The summed E-state index contributed by atoms with van der Waals surface area (Å²) in [4.78, 5) is 31.1. The highest BCUT2D eigenvalue weighted by Crippen LogP contribution is 2.49. The van der Waals surface area contributed by atoms with Crippen LogP contribution in [0.15, 0.2) is 78.9 Å². The van der Waals surface area contributed by atoms with Gasteiger partial charge in [-0.3, -0.25) is 14.5 Å². The van der Waals surface area contributed by atoms with Gasteiger partial charge in [0.25, 0.3) is 11.8 Å². The molecule has 5 rings (SSSR count). The average molecular weight is 383 g/mol. The summed E-state index contributed by atoms with van der Waals surface area (Å²) in [6.45, 7) is 2.64. The van der Waals surface area contributed by atoms with Crippen LogP contribution in [0, 0.1) is 0 Å². The molecule has 0 fully saturated rings. The van der Waals surface area contributed by atoms with Crippen molar-refractivity contribution in [2.24, 2.45) is 0 Å². The molecule has 1 atom stereocenters. The Hall–Kier alpha value is -3.60. The van der Waals surface area contributed by atoms with Crippen LogP contribution in [0.2, 0.25) is 0 Å². The number of anilines is 3. The standard InChI is InChI=1S/C24H21N3O2/c1-2-16-26-21-15-9-7-13-19(21)24(23(26)29)25-20-14-8-6-12-18(20)22(28)27(24)17-10-4-3-5-11-17/h3-15,25H,2,16H2,1H3/t24-/m1/s1. The molecule has 1 spiro atoms. The van der Waals surface area contributed by atoms with Gasteiger partial charge in [-0.25, -0.2) is 0 Å². The first-order chi connectivity index (χ1) is 14.2. The maximum atomic E-state index is 13.9. The van der Waals surface area contributed by atoms with E-state index < -0.39 is 5.66 Å². The highest BCUT2D eigenvalue weighted by molar-refractivity contribution is 6.22. The van der Waals surface area contributed by atoms with Gasteiger partial charge in [0.1, 0.15) is 0 Å². The molecule has 2 amide bonds. The van der Waals surface area contributed by atoms with Crippen molar-refractivity contribution in [2.45, 2.75) is 19.0 Å². The van der Waals surface area contributed by atoms with E-state index >= 15 is 0 Å². The number of carbonyl (C=O) groups excluding carboxylic acids is 2. The lowest BCUT2D eigenvalue weighted by Gasteiger charge is -2.45. The van der Waals surface area contributed by atoms with Crippen molar-refractivity contribution in [1.82, 2.24) is 0 Å². The zero-order valence-corrected chi connectivity index (χ0v) is 16.1. The molecule has 0 bridgehead atoms. The molecule has 2 aliphatic heterocycles. The zero-order chi connectivity index (χ0) is 20.0. The summed E-state index contributed by atoms with van der Waals surface area (Å²) < 4.78 is 0. The average Bonchev–Trinajstić information content (AvgIpc) is 2.98. The van der Waals surface area contributed by atoms with E-state index in [0.717, 1.165) is 17.7 Å². The predicted molar refractivity (Wildman–Crippen MR) is 114 cm³/mol. The Bertz CT molecular complexity index is 1110. The lowest BCUT2D eigenvalue weighted by atomic mass is 9.92. The van der Waals surface area contributed by atoms with Crippen molar-refractivity contribution in [3.05, 3.63) is 90.0 Å². The van der Waals surface area contributed by atoms with Crippen LogP contribution in [0.1, 0.15) is 29.3 Å². The van der Waals surface area contributed by atoms with Crippen molar-refractivity contribution >= 4 is 28.9 Å². The Morgan fingerprint density at radius 3 is 2.34 bits per heavy atom. The fourth-order valence-electron chi connectivity index (χ4n) is 4.41. The lowest BCUT2D eigenvalue weighted by Crippen LogP contribution is -2.63. The van der Waals surface area contributed by atoms with Gasteiger partial charge in [0.15, 0.2) is 0 Å². The summed E-state index contributed by atoms with van der Waals surface area (Å²) >= 11 is 0. The third kappa shape index (κ3) is 2.34. The van der Waals surface area contributed by atoms with Crippen LogP contribution in [0.4, 0.5) is 17.1 Å². The van der Waals surface area contributed by atoms with Crippen LogP contribution >= 0.6 is 0 Å². The second kappa shape index (κ2) is 6.48. The molecule has 0 radical (unpaired) electrons. The molecule has 0 aromatic heterocycles. The minimum Gasteiger partial charge on any atom is -0.350 e. The smallest absolute Gasteiger partial charge is 0.279 e. The normalized spacial score (nSPS) is 19.9. The SMILES string of the molecule is CCCN1C(=O)[C@@]2(Nc3ccccc3C(=O)N2c2ccccc2)c2ccccc21. The molecule has 5 heteroatoms. The Labute approximate surface area is 169 Å². The second-order valence-electron chi connectivity index (χ2n) is 7.33. The van der Waals surface area contributed by atoms with Crippen molar-refractivity contribution < 1.29 is 9.59 Å². The summed E-state index contributed by atoms with van der Waals surface area (Å²) in [6, 6.07) is 24.5. The van der Waals surface area contributed by atoms with Gasteiger partial charge in [0.05, 0.1) is 11.3 Å². The van der Waals surface area contributed by atoms with Gasteiger partial charge in [-0.15, -0.1) is 0 Å². The van der Waals surface area contributed by atoms with Crippen LogP contribution in [-0.2, 0) is 10.5 Å². The van der Waals surface area contributed by atoms with Crippen LogP contribution in [-0.4, -0.2) is 18.4 Å². The van der Waals surface area contributed by atoms with Crippen molar-refractivity contribution in [2.75, 3.05) is 21.7 Å². The largest absolute Gasteiger partial charge is 0.350 e. The monoisotopic (exact) mass is 383 g/mol. The molecule has 29 heavy (non-hydrogen) atoms. The number of nitrogens with one attached hydrogen (secondary N) is 1. The first-order valence-corrected chi connectivity index (χ1v) is 9.87. The maximum absolute atomic E-state index is 13.9. The summed E-state index contributed by atoms with van der Waals surface area (Å²) in [5.41, 5.74) is 2.25. The van der Waals surface area contributed by atoms with Gasteiger partial charge in [-0.05, 0) is 36.8 Å². The van der Waals surface area contributed by atoms with E-state index in [2.05, 4.69) is 5.32 Å². The third-order valence-electron chi connectivity index (χ3n) is 5.61. The molecule has 0 saturated heterocycles. The number of nitrogens with zero attached hydrogens (tertiary/aromatic N) is 2. The third-order valence-corrected chi connectivity index (χ3v) is 5.61. The number of carbonyl (C=O) groups is 2. The van der Waals surface area contributed by atoms with Crippen LogP contribution in [0.25, 0.3) is 0 Å². The van der Waals surface area contributed by atoms with Gasteiger partial charge in [-0.1, -0.05) is 55.5 Å². The number of rotatable bonds is 3. The van der Waals surface area contributed by atoms with E-state index in [1.165, 1.54) is 0 Å². The first kappa shape index (κ1) is 17.5. The van der Waals surface area contributed by atoms with E-state index in [0.29, 0.717) is 23.5 Å². The number of fused-ring (bicyclic) bond motifs is 3. The molecule has 2 heterocycles. The summed E-state index contributed by atoms with van der Waals surface area (Å²) in [5, 5.41) is 3.46. The van der Waals surface area contributed by atoms with Crippen molar-refractivity contribution in [3.63, 3.8) is 0 Å². The Kier molecular flexibility index (Phi) is 3.91. The summed E-state index contributed by atoms with van der Waals surface area (Å²) in [6.07, 6.45) is 0.825. The number of hydrogen-bond acceptors (Lipinski definition) is 3. The van der Waals surface area contributed by atoms with Gasteiger partial charge in [-0.2, -0.15) is 0 Å². The quantitative estimate of drug-likeness (QED) is 0.731. The fourth-order valence-corrected chi connectivity index (χ4v) is 4.41. The molecule has 1 N–H and O–H groups in total. The van der Waals surface area contributed by atoms with Crippen LogP contribution in [0.5, 0.6) is 0 Å². The Balaban J connectivity index is 1.81. The molecule has 144 valence electrons. The molecular formula is C24H21N3O2. The molecule has 3 aromatic carbocycles. The lowest BCUT2D eigenvalue weighted by molar-refractivity contribution is -0.122. The van der Waals surface area contributed by atoms with E-state index in [-0.39, 0.29) is 11.8 Å². The highest BCUT2D eigenvalue weighted by Gasteiger charge is 2.59. The minimum absolute atomic E-state index is 0.132. The molecule has 3 aromatic rings. The van der Waals surface area contributed by atoms with Gasteiger partial charge in [0.2, 0.25) is 5.66 Å².